The van der Waals surface area contributed by atoms with Crippen LogP contribution in [-0.4, -0.2) is 16.1 Å². The molecular weight excluding hydrogens is 411 g/mol. The molecule has 2 aromatic heterocycles. The van der Waals surface area contributed by atoms with Crippen LogP contribution < -0.4 is 5.32 Å². The van der Waals surface area contributed by atoms with Crippen LogP contribution in [0.3, 0.4) is 0 Å². The average Bonchev–Trinajstić information content (AvgIpc) is 3.15. The maximum atomic E-state index is 12.7. The summed E-state index contributed by atoms with van der Waals surface area (Å²) in [4.78, 5) is 12.7. The molecule has 24 heavy (non-hydrogen) atoms. The molecule has 2 heterocycles. The van der Waals surface area contributed by atoms with E-state index >= 15 is 0 Å². The van der Waals surface area contributed by atoms with Crippen LogP contribution >= 0.6 is 27.3 Å². The molecule has 5 nitrogen and oxygen atoms in total. The number of nitrogens with one attached hydrogen (secondary N) is 1. The lowest BCUT2D eigenvalue weighted by atomic mass is 10.1. The molecule has 0 radical (unpaired) electrons. The molecule has 0 spiro atoms. The van der Waals surface area contributed by atoms with E-state index in [1.807, 2.05) is 0 Å². The van der Waals surface area contributed by atoms with Crippen LogP contribution in [0.25, 0.3) is 10.8 Å². The summed E-state index contributed by atoms with van der Waals surface area (Å²) < 4.78 is 44.2. The standard InChI is InChI=1S/C14H7BrF3N3O2S/c15-10-5-4-9(24-10)12-20-21-13(23-12)19-11(22)7-2-1-3-8(6-7)14(16,17)18/h1-6H,(H,19,21,22). The highest BCUT2D eigenvalue weighted by atomic mass is 79.9. The van der Waals surface area contributed by atoms with Crippen LogP contribution in [0.4, 0.5) is 19.2 Å². The molecule has 124 valence electrons. The zero-order valence-corrected chi connectivity index (χ0v) is 14.0. The van der Waals surface area contributed by atoms with E-state index in [1.165, 1.54) is 17.4 Å². The molecule has 0 bridgehead atoms. The number of benzene rings is 1. The average molecular weight is 418 g/mol. The van der Waals surface area contributed by atoms with Crippen LogP contribution in [-0.2, 0) is 6.18 Å². The van der Waals surface area contributed by atoms with Gasteiger partial charge in [-0.3, -0.25) is 10.1 Å². The Kier molecular flexibility index (Phi) is 4.41. The van der Waals surface area contributed by atoms with Gasteiger partial charge in [0.05, 0.1) is 14.2 Å². The molecule has 1 aromatic carbocycles. The van der Waals surface area contributed by atoms with Crippen molar-refractivity contribution in [2.24, 2.45) is 0 Å². The van der Waals surface area contributed by atoms with Gasteiger partial charge in [-0.2, -0.15) is 13.2 Å². The summed E-state index contributed by atoms with van der Waals surface area (Å²) >= 11 is 4.65. The molecule has 3 rings (SSSR count). The van der Waals surface area contributed by atoms with Gasteiger partial charge in [0.1, 0.15) is 0 Å². The molecule has 0 aliphatic heterocycles. The first-order chi connectivity index (χ1) is 11.3. The van der Waals surface area contributed by atoms with Gasteiger partial charge >= 0.3 is 12.2 Å². The Morgan fingerprint density at radius 2 is 2.00 bits per heavy atom. The number of hydrogen-bond acceptors (Lipinski definition) is 5. The lowest BCUT2D eigenvalue weighted by Gasteiger charge is -2.07. The number of amides is 1. The van der Waals surface area contributed by atoms with E-state index in [0.29, 0.717) is 4.88 Å². The van der Waals surface area contributed by atoms with Gasteiger partial charge in [-0.15, -0.1) is 16.4 Å². The van der Waals surface area contributed by atoms with Crippen LogP contribution in [0.15, 0.2) is 44.6 Å². The van der Waals surface area contributed by atoms with E-state index in [9.17, 15) is 18.0 Å². The molecular formula is C14H7BrF3N3O2S. The van der Waals surface area contributed by atoms with Crippen molar-refractivity contribution < 1.29 is 22.4 Å². The molecule has 3 aromatic rings. The predicted octanol–water partition coefficient (Wildman–Crippen LogP) is 4.83. The van der Waals surface area contributed by atoms with E-state index in [1.54, 1.807) is 12.1 Å². The Morgan fingerprint density at radius 1 is 1.21 bits per heavy atom. The maximum Gasteiger partial charge on any atom is 0.416 e. The fourth-order valence-corrected chi connectivity index (χ4v) is 3.12. The van der Waals surface area contributed by atoms with Crippen molar-refractivity contribution in [1.29, 1.82) is 0 Å². The number of thiophene rings is 1. The van der Waals surface area contributed by atoms with E-state index in [0.717, 1.165) is 22.0 Å². The van der Waals surface area contributed by atoms with E-state index in [2.05, 4.69) is 31.4 Å². The van der Waals surface area contributed by atoms with Crippen molar-refractivity contribution in [1.82, 2.24) is 10.2 Å². The largest absolute Gasteiger partial charge is 0.416 e. The maximum absolute atomic E-state index is 12.7. The van der Waals surface area contributed by atoms with Gasteiger partial charge in [0.25, 0.3) is 11.8 Å². The number of hydrogen-bond donors (Lipinski definition) is 1. The smallest absolute Gasteiger partial charge is 0.402 e. The first-order valence-electron chi connectivity index (χ1n) is 6.41. The number of carbonyl (C=O) groups is 1. The molecule has 0 saturated heterocycles. The third kappa shape index (κ3) is 3.65. The lowest BCUT2D eigenvalue weighted by Crippen LogP contribution is -2.14. The normalized spacial score (nSPS) is 11.5. The second-order valence-electron chi connectivity index (χ2n) is 4.55. The zero-order chi connectivity index (χ0) is 17.3. The minimum Gasteiger partial charge on any atom is -0.402 e. The second-order valence-corrected chi connectivity index (χ2v) is 7.01. The molecule has 1 N–H and O–H groups in total. The summed E-state index contributed by atoms with van der Waals surface area (Å²) in [6, 6.07) is 7.40. The topological polar surface area (TPSA) is 68.0 Å². The summed E-state index contributed by atoms with van der Waals surface area (Å²) in [6.45, 7) is 0. The van der Waals surface area contributed by atoms with Gasteiger partial charge in [0, 0.05) is 5.56 Å². The third-order valence-electron chi connectivity index (χ3n) is 2.88. The highest BCUT2D eigenvalue weighted by molar-refractivity contribution is 9.11. The Labute approximate surface area is 145 Å². The molecule has 0 aliphatic rings. The fraction of sp³-hybridized carbons (Fsp3) is 0.0714. The molecule has 1 amide bonds. The number of carbonyl (C=O) groups excluding carboxylic acids is 1. The monoisotopic (exact) mass is 417 g/mol. The Balaban J connectivity index is 1.77. The first-order valence-corrected chi connectivity index (χ1v) is 8.02. The van der Waals surface area contributed by atoms with E-state index < -0.39 is 17.6 Å². The lowest BCUT2D eigenvalue weighted by molar-refractivity contribution is -0.137. The SMILES string of the molecule is O=C(Nc1nnc(-c2ccc(Br)s2)o1)c1cccc(C(F)(F)F)c1. The molecule has 0 atom stereocenters. The number of rotatable bonds is 3. The zero-order valence-electron chi connectivity index (χ0n) is 11.6. The van der Waals surface area contributed by atoms with Crippen molar-refractivity contribution in [3.8, 4) is 10.8 Å². The van der Waals surface area contributed by atoms with Gasteiger partial charge in [-0.25, -0.2) is 0 Å². The number of halogens is 4. The quantitative estimate of drug-likeness (QED) is 0.662. The van der Waals surface area contributed by atoms with Gasteiger partial charge in [-0.05, 0) is 46.3 Å². The highest BCUT2D eigenvalue weighted by Crippen LogP contribution is 2.31. The van der Waals surface area contributed by atoms with Crippen LogP contribution in [0.1, 0.15) is 15.9 Å². The van der Waals surface area contributed by atoms with Crippen molar-refractivity contribution in [2.75, 3.05) is 5.32 Å². The molecule has 0 unspecified atom stereocenters. The van der Waals surface area contributed by atoms with Crippen molar-refractivity contribution in [3.63, 3.8) is 0 Å². The minimum atomic E-state index is -4.53. The number of aromatic nitrogens is 2. The van der Waals surface area contributed by atoms with Crippen molar-refractivity contribution in [2.45, 2.75) is 6.18 Å². The van der Waals surface area contributed by atoms with Crippen LogP contribution in [0.2, 0.25) is 0 Å². The number of anilines is 1. The van der Waals surface area contributed by atoms with Gasteiger partial charge in [0.2, 0.25) is 0 Å². The number of alkyl halides is 3. The molecule has 0 saturated carbocycles. The van der Waals surface area contributed by atoms with Gasteiger partial charge in [0.15, 0.2) is 0 Å². The summed E-state index contributed by atoms with van der Waals surface area (Å²) in [5.74, 6) is -0.575. The third-order valence-corrected chi connectivity index (χ3v) is 4.49. The van der Waals surface area contributed by atoms with E-state index in [4.69, 9.17) is 4.42 Å². The van der Waals surface area contributed by atoms with Gasteiger partial charge in [-0.1, -0.05) is 11.2 Å². The van der Waals surface area contributed by atoms with Crippen molar-refractivity contribution >= 4 is 39.2 Å². The minimum absolute atomic E-state index is 0.163. The molecule has 0 aliphatic carbocycles. The Hall–Kier alpha value is -2.20. The van der Waals surface area contributed by atoms with Gasteiger partial charge < -0.3 is 4.42 Å². The van der Waals surface area contributed by atoms with Crippen LogP contribution in [0.5, 0.6) is 0 Å². The second kappa shape index (κ2) is 6.36. The van der Waals surface area contributed by atoms with Crippen LogP contribution in [0, 0.1) is 0 Å². The first kappa shape index (κ1) is 16.7. The highest BCUT2D eigenvalue weighted by Gasteiger charge is 2.31. The predicted molar refractivity (Wildman–Crippen MR) is 84.7 cm³/mol. The molecule has 0 fully saturated rings. The summed E-state index contributed by atoms with van der Waals surface area (Å²) in [7, 11) is 0. The number of nitrogens with zero attached hydrogens (tertiary/aromatic N) is 2. The Bertz CT molecular complexity index is 891. The summed E-state index contributed by atoms with van der Waals surface area (Å²) in [5, 5.41) is 9.72. The van der Waals surface area contributed by atoms with Crippen molar-refractivity contribution in [3.05, 3.63) is 51.3 Å². The summed E-state index contributed by atoms with van der Waals surface area (Å²) in [6.07, 6.45) is -4.53. The summed E-state index contributed by atoms with van der Waals surface area (Å²) in [5.41, 5.74) is -1.08. The Morgan fingerprint density at radius 3 is 2.67 bits per heavy atom. The molecule has 10 heteroatoms. The fourth-order valence-electron chi connectivity index (χ4n) is 1.81. The van der Waals surface area contributed by atoms with E-state index in [-0.39, 0.29) is 17.5 Å².